The number of aromatic nitrogens is 1. The molecule has 6 nitrogen and oxygen atoms in total. The molecule has 2 aliphatic rings. The van der Waals surface area contributed by atoms with Crippen LogP contribution in [-0.4, -0.2) is 59.2 Å². The number of aliphatic hydroxyl groups excluding tert-OH is 1. The highest BCUT2D eigenvalue weighted by atomic mass is 32.1. The average molecular weight is 392 g/mol. The first-order valence-corrected chi connectivity index (χ1v) is 10.5. The molecule has 0 radical (unpaired) electrons. The number of ether oxygens (including phenoxy) is 1. The molecule has 0 bridgehead atoms. The molecule has 0 aromatic carbocycles. The first kappa shape index (κ1) is 20.4. The number of β-amino-alcohol motifs (C(OH)–C–C–N with tert-alkyl or cyclic N) is 1. The smallest absolute Gasteiger partial charge is 0.156 e. The summed E-state index contributed by atoms with van der Waals surface area (Å²) in [6.07, 6.45) is 2.30. The van der Waals surface area contributed by atoms with Gasteiger partial charge in [-0.1, -0.05) is 20.8 Å². The first-order valence-electron chi connectivity index (χ1n) is 9.70. The van der Waals surface area contributed by atoms with Crippen molar-refractivity contribution in [2.24, 2.45) is 5.92 Å². The molecule has 1 aromatic rings. The molecule has 27 heavy (non-hydrogen) atoms. The van der Waals surface area contributed by atoms with Gasteiger partial charge in [0.2, 0.25) is 0 Å². The van der Waals surface area contributed by atoms with Crippen LogP contribution in [0.5, 0.6) is 0 Å². The highest BCUT2D eigenvalue weighted by molar-refractivity contribution is 7.12. The third-order valence-electron chi connectivity index (χ3n) is 5.40. The molecule has 2 fully saturated rings. The SMILES string of the molecule is CC(C)(C)c1nc(CC(=O)[C@@H]2C[C@@H](O)CN2CC2CCOCC2)sc1C#N. The molecule has 0 saturated carbocycles. The van der Waals surface area contributed by atoms with Crippen LogP contribution in [0.3, 0.4) is 0 Å². The van der Waals surface area contributed by atoms with Crippen LogP contribution in [0.1, 0.15) is 55.6 Å². The maximum atomic E-state index is 13.0. The lowest BCUT2D eigenvalue weighted by Crippen LogP contribution is -2.41. The summed E-state index contributed by atoms with van der Waals surface area (Å²) in [5.41, 5.74) is 0.546. The molecule has 148 valence electrons. The number of hydrogen-bond acceptors (Lipinski definition) is 7. The van der Waals surface area contributed by atoms with E-state index in [9.17, 15) is 15.2 Å². The van der Waals surface area contributed by atoms with Crippen molar-refractivity contribution in [1.29, 1.82) is 5.26 Å². The van der Waals surface area contributed by atoms with Crippen LogP contribution in [0, 0.1) is 17.2 Å². The molecule has 3 heterocycles. The number of ketones is 1. The van der Waals surface area contributed by atoms with E-state index in [4.69, 9.17) is 4.74 Å². The van der Waals surface area contributed by atoms with Crippen molar-refractivity contribution in [1.82, 2.24) is 9.88 Å². The van der Waals surface area contributed by atoms with E-state index in [2.05, 4.69) is 16.0 Å². The highest BCUT2D eigenvalue weighted by Crippen LogP contribution is 2.30. The van der Waals surface area contributed by atoms with Gasteiger partial charge >= 0.3 is 0 Å². The summed E-state index contributed by atoms with van der Waals surface area (Å²) in [5, 5.41) is 20.2. The number of Topliss-reactive ketones (excluding diaryl/α,β-unsaturated/α-hetero) is 1. The minimum absolute atomic E-state index is 0.0947. The third kappa shape index (κ3) is 4.94. The lowest BCUT2D eigenvalue weighted by molar-refractivity contribution is -0.123. The van der Waals surface area contributed by atoms with E-state index in [1.54, 1.807) is 0 Å². The molecule has 0 unspecified atom stereocenters. The van der Waals surface area contributed by atoms with Crippen LogP contribution in [0.2, 0.25) is 0 Å². The van der Waals surface area contributed by atoms with E-state index in [0.717, 1.165) is 38.3 Å². The minimum atomic E-state index is -0.449. The standard InChI is InChI=1S/C20H29N3O3S/c1-20(2,3)19-17(10-21)27-18(22-19)9-16(25)15-8-14(24)12-23(15)11-13-4-6-26-7-5-13/h13-15,24H,4-9,11-12H2,1-3H3/t14-,15+/m1/s1. The Morgan fingerprint density at radius 1 is 1.41 bits per heavy atom. The third-order valence-corrected chi connectivity index (χ3v) is 6.36. The number of likely N-dealkylation sites (tertiary alicyclic amines) is 1. The lowest BCUT2D eigenvalue weighted by atomic mass is 9.91. The van der Waals surface area contributed by atoms with Crippen molar-refractivity contribution >= 4 is 17.1 Å². The molecule has 1 N–H and O–H groups in total. The fourth-order valence-electron chi connectivity index (χ4n) is 3.97. The van der Waals surface area contributed by atoms with E-state index < -0.39 is 6.10 Å². The maximum absolute atomic E-state index is 13.0. The van der Waals surface area contributed by atoms with E-state index >= 15 is 0 Å². The summed E-state index contributed by atoms with van der Waals surface area (Å²) < 4.78 is 5.42. The summed E-state index contributed by atoms with van der Waals surface area (Å²) in [6, 6.07) is 1.96. The number of thiazole rings is 1. The van der Waals surface area contributed by atoms with E-state index in [0.29, 0.717) is 28.8 Å². The van der Waals surface area contributed by atoms with Crippen molar-refractivity contribution in [3.63, 3.8) is 0 Å². The Balaban J connectivity index is 1.69. The van der Waals surface area contributed by atoms with Crippen molar-refractivity contribution in [3.8, 4) is 6.07 Å². The van der Waals surface area contributed by atoms with Gasteiger partial charge in [0, 0.05) is 31.7 Å². The molecule has 0 spiro atoms. The van der Waals surface area contributed by atoms with Gasteiger partial charge in [0.05, 0.1) is 24.3 Å². The van der Waals surface area contributed by atoms with Crippen LogP contribution >= 0.6 is 11.3 Å². The Bertz CT molecular complexity index is 713. The van der Waals surface area contributed by atoms with Crippen LogP contribution in [0.25, 0.3) is 0 Å². The van der Waals surface area contributed by atoms with Gasteiger partial charge in [0.25, 0.3) is 0 Å². The zero-order valence-corrected chi connectivity index (χ0v) is 17.2. The second-order valence-electron chi connectivity index (χ2n) is 8.71. The molecule has 7 heteroatoms. The predicted molar refractivity (Wildman–Crippen MR) is 104 cm³/mol. The van der Waals surface area contributed by atoms with E-state index in [1.807, 2.05) is 20.8 Å². The summed E-state index contributed by atoms with van der Waals surface area (Å²) in [7, 11) is 0. The molecule has 0 aliphatic carbocycles. The van der Waals surface area contributed by atoms with Crippen LogP contribution in [0.4, 0.5) is 0 Å². The Morgan fingerprint density at radius 2 is 2.11 bits per heavy atom. The highest BCUT2D eigenvalue weighted by Gasteiger charge is 2.37. The Hall–Kier alpha value is -1.33. The van der Waals surface area contributed by atoms with Crippen molar-refractivity contribution in [3.05, 3.63) is 15.6 Å². The number of nitrogens with zero attached hydrogens (tertiary/aromatic N) is 3. The number of aliphatic hydroxyl groups is 1. The quantitative estimate of drug-likeness (QED) is 0.829. The fourth-order valence-corrected chi connectivity index (χ4v) is 5.05. The summed E-state index contributed by atoms with van der Waals surface area (Å²) in [5.74, 6) is 0.620. The van der Waals surface area contributed by atoms with Gasteiger partial charge in [-0.2, -0.15) is 5.26 Å². The molecule has 0 amide bonds. The molecule has 2 aliphatic heterocycles. The van der Waals surface area contributed by atoms with Gasteiger partial charge in [0.1, 0.15) is 16.0 Å². The van der Waals surface area contributed by atoms with Crippen LogP contribution < -0.4 is 0 Å². The number of carbonyl (C=O) groups is 1. The molecule has 1 aromatic heterocycles. The predicted octanol–water partition coefficient (Wildman–Crippen LogP) is 2.29. The van der Waals surface area contributed by atoms with E-state index in [1.165, 1.54) is 11.3 Å². The minimum Gasteiger partial charge on any atom is -0.392 e. The van der Waals surface area contributed by atoms with Crippen molar-refractivity contribution < 1.29 is 14.6 Å². The van der Waals surface area contributed by atoms with E-state index in [-0.39, 0.29) is 23.7 Å². The second kappa shape index (κ2) is 8.36. The summed E-state index contributed by atoms with van der Waals surface area (Å²) in [6.45, 7) is 9.04. The molecule has 2 atom stereocenters. The van der Waals surface area contributed by atoms with Gasteiger partial charge in [-0.15, -0.1) is 11.3 Å². The zero-order valence-electron chi connectivity index (χ0n) is 16.4. The first-order chi connectivity index (χ1) is 12.8. The molecule has 2 saturated heterocycles. The monoisotopic (exact) mass is 391 g/mol. The Morgan fingerprint density at radius 3 is 2.70 bits per heavy atom. The van der Waals surface area contributed by atoms with Gasteiger partial charge in [0.15, 0.2) is 5.78 Å². The normalized spacial score (nSPS) is 24.9. The summed E-state index contributed by atoms with van der Waals surface area (Å²) >= 11 is 1.32. The van der Waals surface area contributed by atoms with Gasteiger partial charge in [-0.25, -0.2) is 4.98 Å². The Kier molecular flexibility index (Phi) is 6.32. The second-order valence-corrected chi connectivity index (χ2v) is 9.79. The Labute approximate surface area is 165 Å². The van der Waals surface area contributed by atoms with Crippen molar-refractivity contribution in [2.45, 2.75) is 64.0 Å². The average Bonchev–Trinajstić information content (AvgIpc) is 3.19. The zero-order chi connectivity index (χ0) is 19.6. The number of rotatable bonds is 5. The largest absolute Gasteiger partial charge is 0.392 e. The molecular weight excluding hydrogens is 362 g/mol. The fraction of sp³-hybridized carbons (Fsp3) is 0.750. The van der Waals surface area contributed by atoms with Crippen LogP contribution in [-0.2, 0) is 21.4 Å². The van der Waals surface area contributed by atoms with Gasteiger partial charge in [-0.05, 0) is 25.2 Å². The molecular formula is C20H29N3O3S. The van der Waals surface area contributed by atoms with Gasteiger partial charge < -0.3 is 9.84 Å². The topological polar surface area (TPSA) is 86.4 Å². The van der Waals surface area contributed by atoms with Crippen LogP contribution in [0.15, 0.2) is 0 Å². The van der Waals surface area contributed by atoms with Crippen molar-refractivity contribution in [2.75, 3.05) is 26.3 Å². The molecule has 3 rings (SSSR count). The lowest BCUT2D eigenvalue weighted by Gasteiger charge is -2.30. The number of carbonyl (C=O) groups excluding carboxylic acids is 1. The number of nitriles is 1. The maximum Gasteiger partial charge on any atom is 0.156 e. The number of hydrogen-bond donors (Lipinski definition) is 1. The summed E-state index contributed by atoms with van der Waals surface area (Å²) in [4.78, 5) is 20.3. The van der Waals surface area contributed by atoms with Gasteiger partial charge in [-0.3, -0.25) is 9.69 Å².